The van der Waals surface area contributed by atoms with Gasteiger partial charge in [-0.15, -0.1) is 0 Å². The van der Waals surface area contributed by atoms with Crippen molar-refractivity contribution in [3.8, 4) is 16.9 Å². The Balaban J connectivity index is 2.42. The quantitative estimate of drug-likeness (QED) is 0.766. The standard InChI is InChI=1S/C15H13FO2/c1-2-18-12-8-6-11(7-9-12)13-4-3-5-15(16)14(13)10-17/h3-10H,2H2,1H3. The highest BCUT2D eigenvalue weighted by Gasteiger charge is 2.09. The predicted octanol–water partition coefficient (Wildman–Crippen LogP) is 3.70. The lowest BCUT2D eigenvalue weighted by Crippen LogP contribution is -1.93. The third-order valence-electron chi connectivity index (χ3n) is 2.65. The molecule has 0 aliphatic rings. The molecule has 0 radical (unpaired) electrons. The lowest BCUT2D eigenvalue weighted by atomic mass is 10.00. The monoisotopic (exact) mass is 244 g/mol. The number of rotatable bonds is 4. The van der Waals surface area contributed by atoms with Gasteiger partial charge in [0.2, 0.25) is 0 Å². The van der Waals surface area contributed by atoms with Crippen molar-refractivity contribution in [2.75, 3.05) is 6.61 Å². The van der Waals surface area contributed by atoms with Gasteiger partial charge in [0.1, 0.15) is 11.6 Å². The molecule has 92 valence electrons. The summed E-state index contributed by atoms with van der Waals surface area (Å²) in [6, 6.07) is 11.8. The van der Waals surface area contributed by atoms with Crippen LogP contribution in [0.1, 0.15) is 17.3 Å². The van der Waals surface area contributed by atoms with E-state index in [1.54, 1.807) is 24.3 Å². The molecule has 2 nitrogen and oxygen atoms in total. The Kier molecular flexibility index (Phi) is 3.72. The van der Waals surface area contributed by atoms with Crippen LogP contribution in [0, 0.1) is 5.82 Å². The topological polar surface area (TPSA) is 26.3 Å². The first-order valence-corrected chi connectivity index (χ1v) is 5.73. The van der Waals surface area contributed by atoms with Gasteiger partial charge in [-0.2, -0.15) is 0 Å². The van der Waals surface area contributed by atoms with Crippen molar-refractivity contribution < 1.29 is 13.9 Å². The molecule has 0 aliphatic heterocycles. The van der Waals surface area contributed by atoms with Crippen molar-refractivity contribution in [1.82, 2.24) is 0 Å². The molecule has 0 N–H and O–H groups in total. The van der Waals surface area contributed by atoms with Crippen molar-refractivity contribution in [2.45, 2.75) is 6.92 Å². The van der Waals surface area contributed by atoms with Crippen LogP contribution in [-0.2, 0) is 0 Å². The van der Waals surface area contributed by atoms with E-state index in [-0.39, 0.29) is 5.56 Å². The van der Waals surface area contributed by atoms with E-state index >= 15 is 0 Å². The molecule has 18 heavy (non-hydrogen) atoms. The highest BCUT2D eigenvalue weighted by Crippen LogP contribution is 2.26. The molecule has 3 heteroatoms. The zero-order valence-electron chi connectivity index (χ0n) is 10.0. The summed E-state index contributed by atoms with van der Waals surface area (Å²) < 4.78 is 18.8. The van der Waals surface area contributed by atoms with Crippen LogP contribution in [0.3, 0.4) is 0 Å². The Hall–Kier alpha value is -2.16. The molecule has 0 amide bonds. The van der Waals surface area contributed by atoms with Crippen molar-refractivity contribution in [2.24, 2.45) is 0 Å². The average Bonchev–Trinajstić information content (AvgIpc) is 2.40. The molecule has 0 unspecified atom stereocenters. The first kappa shape index (κ1) is 12.3. The van der Waals surface area contributed by atoms with Crippen molar-refractivity contribution >= 4 is 6.29 Å². The molecule has 2 aromatic rings. The SMILES string of the molecule is CCOc1ccc(-c2cccc(F)c2C=O)cc1. The van der Waals surface area contributed by atoms with Gasteiger partial charge < -0.3 is 4.74 Å². The van der Waals surface area contributed by atoms with E-state index in [0.29, 0.717) is 18.5 Å². The number of aldehydes is 1. The minimum atomic E-state index is -0.503. The number of benzene rings is 2. The van der Waals surface area contributed by atoms with Crippen LogP contribution in [0.15, 0.2) is 42.5 Å². The summed E-state index contributed by atoms with van der Waals surface area (Å²) >= 11 is 0. The molecule has 0 atom stereocenters. The van der Waals surface area contributed by atoms with Crippen molar-refractivity contribution in [1.29, 1.82) is 0 Å². The summed E-state index contributed by atoms with van der Waals surface area (Å²) in [5.74, 6) is 0.252. The number of carbonyl (C=O) groups is 1. The summed E-state index contributed by atoms with van der Waals surface area (Å²) in [5.41, 5.74) is 1.47. The lowest BCUT2D eigenvalue weighted by Gasteiger charge is -2.07. The summed E-state index contributed by atoms with van der Waals surface area (Å²) in [7, 11) is 0. The second kappa shape index (κ2) is 5.45. The minimum absolute atomic E-state index is 0.0849. The molecule has 0 bridgehead atoms. The second-order valence-corrected chi connectivity index (χ2v) is 3.78. The van der Waals surface area contributed by atoms with E-state index in [4.69, 9.17) is 4.74 Å². The normalized spacial score (nSPS) is 10.1. The van der Waals surface area contributed by atoms with Gasteiger partial charge in [0.05, 0.1) is 12.2 Å². The van der Waals surface area contributed by atoms with Crippen molar-refractivity contribution in [3.63, 3.8) is 0 Å². The molecule has 0 saturated heterocycles. The molecular weight excluding hydrogens is 231 g/mol. The maximum atomic E-state index is 13.5. The smallest absolute Gasteiger partial charge is 0.153 e. The van der Waals surface area contributed by atoms with Gasteiger partial charge in [-0.1, -0.05) is 24.3 Å². The van der Waals surface area contributed by atoms with Crippen LogP contribution in [0.25, 0.3) is 11.1 Å². The Bertz CT molecular complexity index is 547. The fourth-order valence-corrected chi connectivity index (χ4v) is 1.81. The predicted molar refractivity (Wildman–Crippen MR) is 68.4 cm³/mol. The summed E-state index contributed by atoms with van der Waals surface area (Å²) in [6.07, 6.45) is 0.543. The molecular formula is C15H13FO2. The van der Waals surface area contributed by atoms with E-state index in [1.165, 1.54) is 6.07 Å². The first-order valence-electron chi connectivity index (χ1n) is 5.73. The van der Waals surface area contributed by atoms with Crippen LogP contribution in [-0.4, -0.2) is 12.9 Å². The fourth-order valence-electron chi connectivity index (χ4n) is 1.81. The minimum Gasteiger partial charge on any atom is -0.494 e. The summed E-state index contributed by atoms with van der Waals surface area (Å²) in [5, 5.41) is 0. The first-order chi connectivity index (χ1) is 8.76. The van der Waals surface area contributed by atoms with Gasteiger partial charge in [0, 0.05) is 0 Å². The van der Waals surface area contributed by atoms with Crippen LogP contribution in [0.4, 0.5) is 4.39 Å². The van der Waals surface area contributed by atoms with Gasteiger partial charge in [-0.25, -0.2) is 4.39 Å². The number of hydrogen-bond donors (Lipinski definition) is 0. The van der Waals surface area contributed by atoms with Crippen LogP contribution < -0.4 is 4.74 Å². The third kappa shape index (κ3) is 2.40. The maximum absolute atomic E-state index is 13.5. The summed E-state index contributed by atoms with van der Waals surface area (Å²) in [6.45, 7) is 2.50. The van der Waals surface area contributed by atoms with Crippen LogP contribution in [0.5, 0.6) is 5.75 Å². The number of halogens is 1. The van der Waals surface area contributed by atoms with E-state index in [2.05, 4.69) is 0 Å². The zero-order valence-corrected chi connectivity index (χ0v) is 10.0. The van der Waals surface area contributed by atoms with E-state index in [0.717, 1.165) is 11.3 Å². The van der Waals surface area contributed by atoms with Gasteiger partial charge in [0.25, 0.3) is 0 Å². The number of ether oxygens (including phenoxy) is 1. The van der Waals surface area contributed by atoms with E-state index in [1.807, 2.05) is 19.1 Å². The van der Waals surface area contributed by atoms with E-state index < -0.39 is 5.82 Å². The Morgan fingerprint density at radius 2 is 1.89 bits per heavy atom. The van der Waals surface area contributed by atoms with Gasteiger partial charge in [-0.05, 0) is 36.2 Å². The molecule has 0 fully saturated rings. The highest BCUT2D eigenvalue weighted by molar-refractivity contribution is 5.87. The molecule has 0 aliphatic carbocycles. The molecule has 0 spiro atoms. The van der Waals surface area contributed by atoms with Gasteiger partial charge >= 0.3 is 0 Å². The van der Waals surface area contributed by atoms with Crippen LogP contribution >= 0.6 is 0 Å². The molecule has 2 aromatic carbocycles. The van der Waals surface area contributed by atoms with E-state index in [9.17, 15) is 9.18 Å². The van der Waals surface area contributed by atoms with Crippen molar-refractivity contribution in [3.05, 3.63) is 53.8 Å². The summed E-state index contributed by atoms with van der Waals surface area (Å²) in [4.78, 5) is 10.9. The lowest BCUT2D eigenvalue weighted by molar-refractivity contribution is 0.112. The third-order valence-corrected chi connectivity index (χ3v) is 2.65. The number of carbonyl (C=O) groups excluding carboxylic acids is 1. The Labute approximate surface area is 105 Å². The fraction of sp³-hybridized carbons (Fsp3) is 0.133. The number of hydrogen-bond acceptors (Lipinski definition) is 2. The Morgan fingerprint density at radius 3 is 2.50 bits per heavy atom. The molecule has 2 rings (SSSR count). The molecule has 0 heterocycles. The van der Waals surface area contributed by atoms with Gasteiger partial charge in [0.15, 0.2) is 6.29 Å². The van der Waals surface area contributed by atoms with Crippen LogP contribution in [0.2, 0.25) is 0 Å². The Morgan fingerprint density at radius 1 is 1.17 bits per heavy atom. The molecule has 0 aromatic heterocycles. The second-order valence-electron chi connectivity index (χ2n) is 3.78. The zero-order chi connectivity index (χ0) is 13.0. The maximum Gasteiger partial charge on any atom is 0.153 e. The van der Waals surface area contributed by atoms with Gasteiger partial charge in [-0.3, -0.25) is 4.79 Å². The average molecular weight is 244 g/mol. The molecule has 0 saturated carbocycles. The largest absolute Gasteiger partial charge is 0.494 e. The highest BCUT2D eigenvalue weighted by atomic mass is 19.1.